The maximum atomic E-state index is 10.9. The summed E-state index contributed by atoms with van der Waals surface area (Å²) in [6.45, 7) is 0. The zero-order chi connectivity index (χ0) is 11.4. The van der Waals surface area contributed by atoms with E-state index in [1.165, 1.54) is 0 Å². The van der Waals surface area contributed by atoms with E-state index < -0.39 is 23.7 Å². The van der Waals surface area contributed by atoms with Gasteiger partial charge in [-0.15, -0.1) is 0 Å². The molecule has 82 valence electrons. The number of aliphatic hydroxyl groups is 2. The van der Waals surface area contributed by atoms with Crippen molar-refractivity contribution >= 4 is 5.97 Å². The molecule has 0 fully saturated rings. The number of nitrogens with one attached hydrogen (secondary N) is 1. The summed E-state index contributed by atoms with van der Waals surface area (Å²) in [5.74, 6) is -0.976. The Morgan fingerprint density at radius 2 is 2.27 bits per heavy atom. The van der Waals surface area contributed by atoms with E-state index in [0.717, 1.165) is 19.5 Å². The van der Waals surface area contributed by atoms with Crippen molar-refractivity contribution in [2.75, 3.05) is 7.11 Å². The first kappa shape index (κ1) is 11.3. The third-order valence-corrected chi connectivity index (χ3v) is 1.74. The Kier molecular flexibility index (Phi) is 3.53. The maximum absolute atomic E-state index is 10.9. The minimum Gasteiger partial charge on any atom is -0.467 e. The smallest absolute Gasteiger partial charge is 0.337 e. The van der Waals surface area contributed by atoms with Crippen molar-refractivity contribution in [3.05, 3.63) is 28.4 Å². The van der Waals surface area contributed by atoms with E-state index in [0.29, 0.717) is 0 Å². The summed E-state index contributed by atoms with van der Waals surface area (Å²) in [6, 6.07) is 0. The molecule has 0 amide bonds. The van der Waals surface area contributed by atoms with Crippen LogP contribution in [0.2, 0.25) is 0 Å². The molecule has 0 spiro atoms. The molecule has 0 radical (unpaired) electrons. The minimum atomic E-state index is -1.73. The molecule has 7 heteroatoms. The van der Waals surface area contributed by atoms with Crippen LogP contribution in [0.5, 0.6) is 0 Å². The molecule has 3 N–H and O–H groups in total. The lowest BCUT2D eigenvalue weighted by Gasteiger charge is -2.14. The van der Waals surface area contributed by atoms with E-state index in [-0.39, 0.29) is 5.69 Å². The van der Waals surface area contributed by atoms with Gasteiger partial charge in [-0.25, -0.2) is 4.79 Å². The fourth-order valence-electron chi connectivity index (χ4n) is 0.926. The molecule has 1 rings (SSSR count). The standard InChI is InChI=1S/C8H10N2O5/c1-15-8(14)7(13)6(12)4-2-10-5(11)3-9-4/h2-3,6-7,12-13H,1H3,(H,10,11). The van der Waals surface area contributed by atoms with E-state index >= 15 is 0 Å². The largest absolute Gasteiger partial charge is 0.467 e. The summed E-state index contributed by atoms with van der Waals surface area (Å²) in [4.78, 5) is 27.3. The molecule has 1 aromatic rings. The van der Waals surface area contributed by atoms with E-state index in [1.54, 1.807) is 0 Å². The average molecular weight is 214 g/mol. The number of esters is 1. The van der Waals surface area contributed by atoms with Crippen molar-refractivity contribution in [3.8, 4) is 0 Å². The van der Waals surface area contributed by atoms with Gasteiger partial charge in [0.15, 0.2) is 6.10 Å². The molecule has 0 aromatic carbocycles. The monoisotopic (exact) mass is 214 g/mol. The zero-order valence-corrected chi connectivity index (χ0v) is 7.88. The molecule has 7 nitrogen and oxygen atoms in total. The molecule has 0 bridgehead atoms. The Bertz CT molecular complexity index is 382. The van der Waals surface area contributed by atoms with E-state index in [2.05, 4.69) is 14.7 Å². The summed E-state index contributed by atoms with van der Waals surface area (Å²) in [5.41, 5.74) is -0.467. The molecule has 0 saturated heterocycles. The van der Waals surface area contributed by atoms with Crippen LogP contribution in [0, 0.1) is 0 Å². The van der Waals surface area contributed by atoms with Gasteiger partial charge in [0, 0.05) is 6.20 Å². The van der Waals surface area contributed by atoms with Crippen LogP contribution in [-0.2, 0) is 9.53 Å². The normalized spacial score (nSPS) is 14.3. The highest BCUT2D eigenvalue weighted by Crippen LogP contribution is 2.13. The Morgan fingerprint density at radius 1 is 1.60 bits per heavy atom. The van der Waals surface area contributed by atoms with Gasteiger partial charge in [-0.3, -0.25) is 9.78 Å². The number of rotatable bonds is 3. The highest BCUT2D eigenvalue weighted by atomic mass is 16.5. The maximum Gasteiger partial charge on any atom is 0.337 e. The van der Waals surface area contributed by atoms with Gasteiger partial charge in [0.25, 0.3) is 5.56 Å². The molecule has 0 aliphatic rings. The number of aromatic amines is 1. The first-order valence-corrected chi connectivity index (χ1v) is 4.05. The molecule has 2 atom stereocenters. The van der Waals surface area contributed by atoms with E-state index in [1.807, 2.05) is 0 Å². The quantitative estimate of drug-likeness (QED) is 0.519. The number of aromatic nitrogens is 2. The van der Waals surface area contributed by atoms with Crippen LogP contribution >= 0.6 is 0 Å². The second-order valence-electron chi connectivity index (χ2n) is 2.75. The second-order valence-corrected chi connectivity index (χ2v) is 2.75. The molecular formula is C8H10N2O5. The summed E-state index contributed by atoms with van der Waals surface area (Å²) in [5, 5.41) is 18.7. The van der Waals surface area contributed by atoms with Crippen molar-refractivity contribution in [1.29, 1.82) is 0 Å². The lowest BCUT2D eigenvalue weighted by molar-refractivity contribution is -0.157. The minimum absolute atomic E-state index is 0.0208. The molecule has 0 saturated carbocycles. The predicted molar refractivity (Wildman–Crippen MR) is 47.8 cm³/mol. The molecule has 2 unspecified atom stereocenters. The summed E-state index contributed by atoms with van der Waals surface area (Å²) < 4.78 is 4.23. The summed E-state index contributed by atoms with van der Waals surface area (Å²) in [6.07, 6.45) is -1.22. The molecular weight excluding hydrogens is 204 g/mol. The highest BCUT2D eigenvalue weighted by Gasteiger charge is 2.27. The van der Waals surface area contributed by atoms with Crippen LogP contribution in [0.1, 0.15) is 11.8 Å². The Hall–Kier alpha value is -1.73. The number of ether oxygens (including phenoxy) is 1. The second kappa shape index (κ2) is 4.67. The average Bonchev–Trinajstić information content (AvgIpc) is 2.27. The third kappa shape index (κ3) is 2.61. The van der Waals surface area contributed by atoms with E-state index in [4.69, 9.17) is 0 Å². The number of H-pyrrole nitrogens is 1. The predicted octanol–water partition coefficient (Wildman–Crippen LogP) is -1.66. The Morgan fingerprint density at radius 3 is 2.73 bits per heavy atom. The van der Waals surface area contributed by atoms with Crippen molar-refractivity contribution < 1.29 is 19.7 Å². The van der Waals surface area contributed by atoms with Crippen molar-refractivity contribution in [1.82, 2.24) is 9.97 Å². The fourth-order valence-corrected chi connectivity index (χ4v) is 0.926. The first-order chi connectivity index (χ1) is 7.06. The Balaban J connectivity index is 2.84. The van der Waals surface area contributed by atoms with Crippen molar-refractivity contribution in [2.45, 2.75) is 12.2 Å². The van der Waals surface area contributed by atoms with Crippen LogP contribution in [0.3, 0.4) is 0 Å². The summed E-state index contributed by atoms with van der Waals surface area (Å²) >= 11 is 0. The van der Waals surface area contributed by atoms with Gasteiger partial charge in [0.05, 0.1) is 19.0 Å². The number of nitrogens with zero attached hydrogens (tertiary/aromatic N) is 1. The number of methoxy groups -OCH3 is 1. The van der Waals surface area contributed by atoms with Gasteiger partial charge in [-0.1, -0.05) is 0 Å². The SMILES string of the molecule is COC(=O)C(O)C(O)c1c[nH]c(=O)cn1. The molecule has 1 heterocycles. The third-order valence-electron chi connectivity index (χ3n) is 1.74. The Labute approximate surface area is 84.4 Å². The zero-order valence-electron chi connectivity index (χ0n) is 7.88. The van der Waals surface area contributed by atoms with Gasteiger partial charge < -0.3 is 19.9 Å². The number of hydrogen-bond donors (Lipinski definition) is 3. The lowest BCUT2D eigenvalue weighted by atomic mass is 10.1. The molecule has 15 heavy (non-hydrogen) atoms. The number of carbonyl (C=O) groups excluding carboxylic acids is 1. The molecule has 1 aromatic heterocycles. The van der Waals surface area contributed by atoms with Crippen molar-refractivity contribution in [2.24, 2.45) is 0 Å². The van der Waals surface area contributed by atoms with Crippen LogP contribution in [-0.4, -0.2) is 39.4 Å². The van der Waals surface area contributed by atoms with Crippen LogP contribution in [0.4, 0.5) is 0 Å². The lowest BCUT2D eigenvalue weighted by Crippen LogP contribution is -2.30. The van der Waals surface area contributed by atoms with Crippen molar-refractivity contribution in [3.63, 3.8) is 0 Å². The molecule has 0 aliphatic heterocycles. The topological polar surface area (TPSA) is 113 Å². The van der Waals surface area contributed by atoms with Crippen LogP contribution in [0.15, 0.2) is 17.2 Å². The van der Waals surface area contributed by atoms with Gasteiger partial charge >= 0.3 is 5.97 Å². The van der Waals surface area contributed by atoms with Crippen LogP contribution in [0.25, 0.3) is 0 Å². The van der Waals surface area contributed by atoms with Gasteiger partial charge in [0.2, 0.25) is 0 Å². The summed E-state index contributed by atoms with van der Waals surface area (Å²) in [7, 11) is 1.08. The fraction of sp³-hybridized carbons (Fsp3) is 0.375. The van der Waals surface area contributed by atoms with Gasteiger partial charge in [-0.05, 0) is 0 Å². The number of aliphatic hydroxyl groups excluding tert-OH is 2. The highest BCUT2D eigenvalue weighted by molar-refractivity contribution is 5.75. The van der Waals surface area contributed by atoms with Gasteiger partial charge in [0.1, 0.15) is 6.10 Å². The van der Waals surface area contributed by atoms with Crippen LogP contribution < -0.4 is 5.56 Å². The van der Waals surface area contributed by atoms with Gasteiger partial charge in [-0.2, -0.15) is 0 Å². The number of hydrogen-bond acceptors (Lipinski definition) is 6. The first-order valence-electron chi connectivity index (χ1n) is 4.05. The number of carbonyl (C=O) groups is 1. The molecule has 0 aliphatic carbocycles. The van der Waals surface area contributed by atoms with E-state index in [9.17, 15) is 19.8 Å².